The van der Waals surface area contributed by atoms with Gasteiger partial charge in [0.1, 0.15) is 11.6 Å². The van der Waals surface area contributed by atoms with Gasteiger partial charge in [0.25, 0.3) is 0 Å². The highest BCUT2D eigenvalue weighted by atomic mass is 19.1. The zero-order valence-electron chi connectivity index (χ0n) is 11.9. The Balaban J connectivity index is 2.08. The van der Waals surface area contributed by atoms with E-state index in [1.807, 2.05) is 4.90 Å². The lowest BCUT2D eigenvalue weighted by Gasteiger charge is -2.37. The quantitative estimate of drug-likeness (QED) is 0.921. The number of rotatable bonds is 4. The molecule has 0 spiro atoms. The number of ether oxygens (including phenoxy) is 1. The minimum absolute atomic E-state index is 0.313. The number of carboxylic acid groups (broad SMARTS) is 1. The van der Waals surface area contributed by atoms with E-state index in [0.717, 1.165) is 13.0 Å². The van der Waals surface area contributed by atoms with Crippen molar-refractivity contribution in [1.29, 1.82) is 0 Å². The fraction of sp³-hybridized carbons (Fsp3) is 0.533. The zero-order valence-corrected chi connectivity index (χ0v) is 11.9. The summed E-state index contributed by atoms with van der Waals surface area (Å²) >= 11 is 0. The van der Waals surface area contributed by atoms with Crippen molar-refractivity contribution in [3.05, 3.63) is 29.6 Å². The molecule has 0 radical (unpaired) electrons. The molecule has 1 aromatic rings. The molecule has 0 bridgehead atoms. The molecule has 1 aromatic carbocycles. The molecule has 1 heterocycles. The number of carboxylic acids is 1. The summed E-state index contributed by atoms with van der Waals surface area (Å²) in [4.78, 5) is 13.3. The van der Waals surface area contributed by atoms with Gasteiger partial charge in [-0.2, -0.15) is 0 Å². The van der Waals surface area contributed by atoms with Crippen molar-refractivity contribution in [1.82, 2.24) is 4.90 Å². The highest BCUT2D eigenvalue weighted by molar-refractivity contribution is 5.74. The topological polar surface area (TPSA) is 49.8 Å². The predicted molar refractivity (Wildman–Crippen MR) is 73.2 cm³/mol. The average molecular weight is 281 g/mol. The molecule has 110 valence electrons. The van der Waals surface area contributed by atoms with Crippen LogP contribution in [0.1, 0.15) is 25.3 Å². The van der Waals surface area contributed by atoms with Gasteiger partial charge in [-0.1, -0.05) is 6.07 Å². The summed E-state index contributed by atoms with van der Waals surface area (Å²) < 4.78 is 18.9. The Morgan fingerprint density at radius 1 is 1.55 bits per heavy atom. The molecule has 1 aliphatic rings. The van der Waals surface area contributed by atoms with Gasteiger partial charge in [-0.3, -0.25) is 9.69 Å². The molecule has 1 N–H and O–H groups in total. The summed E-state index contributed by atoms with van der Waals surface area (Å²) in [5.74, 6) is -0.607. The Morgan fingerprint density at radius 3 is 2.90 bits per heavy atom. The molecular formula is C15H20FNO3. The number of piperidine rings is 1. The first-order valence-corrected chi connectivity index (χ1v) is 6.73. The zero-order chi connectivity index (χ0) is 14.8. The normalized spacial score (nSPS) is 23.6. The van der Waals surface area contributed by atoms with E-state index in [1.54, 1.807) is 19.1 Å². The number of benzene rings is 1. The van der Waals surface area contributed by atoms with Crippen LogP contribution in [0.15, 0.2) is 18.2 Å². The third kappa shape index (κ3) is 3.10. The minimum Gasteiger partial charge on any atom is -0.497 e. The van der Waals surface area contributed by atoms with E-state index < -0.39 is 11.4 Å². The van der Waals surface area contributed by atoms with E-state index in [4.69, 9.17) is 4.74 Å². The molecule has 5 heteroatoms. The number of carbonyl (C=O) groups is 1. The number of hydrogen-bond acceptors (Lipinski definition) is 3. The van der Waals surface area contributed by atoms with Gasteiger partial charge in [0.2, 0.25) is 0 Å². The monoisotopic (exact) mass is 281 g/mol. The maximum absolute atomic E-state index is 13.9. The Morgan fingerprint density at radius 2 is 2.30 bits per heavy atom. The molecule has 20 heavy (non-hydrogen) atoms. The molecule has 0 amide bonds. The summed E-state index contributed by atoms with van der Waals surface area (Å²) in [6.45, 7) is 3.44. The van der Waals surface area contributed by atoms with E-state index in [-0.39, 0.29) is 5.82 Å². The Bertz CT molecular complexity index is 506. The van der Waals surface area contributed by atoms with Crippen LogP contribution in [0.2, 0.25) is 0 Å². The van der Waals surface area contributed by atoms with Crippen molar-refractivity contribution in [2.45, 2.75) is 26.3 Å². The molecule has 2 rings (SSSR count). The lowest BCUT2D eigenvalue weighted by Crippen LogP contribution is -2.45. The van der Waals surface area contributed by atoms with E-state index in [0.29, 0.717) is 30.8 Å². The fourth-order valence-corrected chi connectivity index (χ4v) is 2.68. The number of methoxy groups -OCH3 is 1. The van der Waals surface area contributed by atoms with E-state index in [2.05, 4.69) is 0 Å². The Labute approximate surface area is 118 Å². The first-order chi connectivity index (χ1) is 9.44. The van der Waals surface area contributed by atoms with Gasteiger partial charge >= 0.3 is 5.97 Å². The number of aliphatic carboxylic acids is 1. The van der Waals surface area contributed by atoms with Gasteiger partial charge in [-0.25, -0.2) is 4.39 Å². The van der Waals surface area contributed by atoms with Crippen LogP contribution in [-0.4, -0.2) is 36.2 Å². The summed E-state index contributed by atoms with van der Waals surface area (Å²) in [6, 6.07) is 4.77. The molecular weight excluding hydrogens is 261 g/mol. The standard InChI is InChI=1S/C15H20FNO3/c1-15(14(18)19)6-3-7-17(10-15)9-11-4-5-12(20-2)8-13(11)16/h4-5,8H,3,6-7,9-10H2,1-2H3,(H,18,19). The molecule has 1 unspecified atom stereocenters. The van der Waals surface area contributed by atoms with Crippen LogP contribution < -0.4 is 4.74 Å². The van der Waals surface area contributed by atoms with Gasteiger partial charge in [0.15, 0.2) is 0 Å². The van der Waals surface area contributed by atoms with Crippen molar-refractivity contribution in [2.75, 3.05) is 20.2 Å². The summed E-state index contributed by atoms with van der Waals surface area (Å²) in [5.41, 5.74) is -0.165. The largest absolute Gasteiger partial charge is 0.497 e. The SMILES string of the molecule is COc1ccc(CN2CCCC(C)(C(=O)O)C2)c(F)c1. The average Bonchev–Trinajstić information content (AvgIpc) is 2.41. The number of likely N-dealkylation sites (tertiary alicyclic amines) is 1. The Kier molecular flexibility index (Phi) is 4.28. The van der Waals surface area contributed by atoms with Crippen LogP contribution in [0.4, 0.5) is 4.39 Å². The molecule has 1 saturated heterocycles. The third-order valence-electron chi connectivity index (χ3n) is 3.95. The summed E-state index contributed by atoms with van der Waals surface area (Å²) in [7, 11) is 1.50. The van der Waals surface area contributed by atoms with Crippen LogP contribution >= 0.6 is 0 Å². The molecule has 1 aliphatic heterocycles. The third-order valence-corrected chi connectivity index (χ3v) is 3.95. The molecule has 1 fully saturated rings. The predicted octanol–water partition coefficient (Wildman–Crippen LogP) is 2.52. The van der Waals surface area contributed by atoms with Gasteiger partial charge in [-0.15, -0.1) is 0 Å². The first kappa shape index (κ1) is 14.8. The highest BCUT2D eigenvalue weighted by Gasteiger charge is 2.37. The smallest absolute Gasteiger partial charge is 0.310 e. The fourth-order valence-electron chi connectivity index (χ4n) is 2.68. The lowest BCUT2D eigenvalue weighted by atomic mass is 9.82. The molecule has 4 nitrogen and oxygen atoms in total. The molecule has 1 atom stereocenters. The van der Waals surface area contributed by atoms with Crippen LogP contribution in [0.25, 0.3) is 0 Å². The van der Waals surface area contributed by atoms with Crippen LogP contribution in [-0.2, 0) is 11.3 Å². The van der Waals surface area contributed by atoms with Crippen molar-refractivity contribution in [3.63, 3.8) is 0 Å². The van der Waals surface area contributed by atoms with E-state index in [9.17, 15) is 14.3 Å². The van der Waals surface area contributed by atoms with E-state index in [1.165, 1.54) is 13.2 Å². The van der Waals surface area contributed by atoms with E-state index >= 15 is 0 Å². The summed E-state index contributed by atoms with van der Waals surface area (Å²) in [6.07, 6.45) is 1.49. The van der Waals surface area contributed by atoms with Crippen LogP contribution in [0.3, 0.4) is 0 Å². The van der Waals surface area contributed by atoms with Crippen molar-refractivity contribution < 1.29 is 19.0 Å². The number of halogens is 1. The maximum atomic E-state index is 13.9. The molecule has 0 aliphatic carbocycles. The van der Waals surface area contributed by atoms with Gasteiger partial charge in [0, 0.05) is 24.7 Å². The second kappa shape index (κ2) is 5.79. The van der Waals surface area contributed by atoms with Crippen molar-refractivity contribution >= 4 is 5.97 Å². The molecule has 0 saturated carbocycles. The van der Waals surface area contributed by atoms with Gasteiger partial charge in [-0.05, 0) is 32.4 Å². The first-order valence-electron chi connectivity index (χ1n) is 6.73. The van der Waals surface area contributed by atoms with Gasteiger partial charge in [0.05, 0.1) is 12.5 Å². The number of nitrogens with zero attached hydrogens (tertiary/aromatic N) is 1. The van der Waals surface area contributed by atoms with Crippen LogP contribution in [0, 0.1) is 11.2 Å². The maximum Gasteiger partial charge on any atom is 0.310 e. The molecule has 0 aromatic heterocycles. The van der Waals surface area contributed by atoms with Crippen molar-refractivity contribution in [3.8, 4) is 5.75 Å². The number of hydrogen-bond donors (Lipinski definition) is 1. The summed E-state index contributed by atoms with van der Waals surface area (Å²) in [5, 5.41) is 9.29. The Hall–Kier alpha value is -1.62. The highest BCUT2D eigenvalue weighted by Crippen LogP contribution is 2.31. The second-order valence-corrected chi connectivity index (χ2v) is 5.64. The minimum atomic E-state index is -0.780. The second-order valence-electron chi connectivity index (χ2n) is 5.64. The van der Waals surface area contributed by atoms with Crippen molar-refractivity contribution in [2.24, 2.45) is 5.41 Å². The lowest BCUT2D eigenvalue weighted by molar-refractivity contribution is -0.151. The van der Waals surface area contributed by atoms with Gasteiger partial charge < -0.3 is 9.84 Å². The van der Waals surface area contributed by atoms with Crippen LogP contribution in [0.5, 0.6) is 5.75 Å².